The predicted octanol–water partition coefficient (Wildman–Crippen LogP) is 1.14. The molecule has 0 saturated carbocycles. The van der Waals surface area contributed by atoms with Gasteiger partial charge in [-0.1, -0.05) is 12.1 Å². The summed E-state index contributed by atoms with van der Waals surface area (Å²) in [5, 5.41) is 13.8. The molecule has 3 fully saturated rings. The van der Waals surface area contributed by atoms with Gasteiger partial charge in [0.05, 0.1) is 25.3 Å². The van der Waals surface area contributed by atoms with Crippen molar-refractivity contribution in [3.63, 3.8) is 0 Å². The summed E-state index contributed by atoms with van der Waals surface area (Å²) in [6.07, 6.45) is 6.37. The molecule has 4 atom stereocenters. The maximum Gasteiger partial charge on any atom is 0.290 e. The highest BCUT2D eigenvalue weighted by molar-refractivity contribution is 5.96. The van der Waals surface area contributed by atoms with Gasteiger partial charge < -0.3 is 24.4 Å². The Morgan fingerprint density at radius 1 is 1.11 bits per heavy atom. The van der Waals surface area contributed by atoms with Crippen molar-refractivity contribution in [1.29, 1.82) is 0 Å². The van der Waals surface area contributed by atoms with Gasteiger partial charge >= 0.3 is 0 Å². The lowest BCUT2D eigenvalue weighted by Crippen LogP contribution is -2.46. The predicted molar refractivity (Wildman–Crippen MR) is 131 cm³/mol. The van der Waals surface area contributed by atoms with Gasteiger partial charge in [-0.15, -0.1) is 0 Å². The number of amides is 1. The normalized spacial score (nSPS) is 26.0. The first-order chi connectivity index (χ1) is 17.5. The summed E-state index contributed by atoms with van der Waals surface area (Å²) < 4.78 is 7.85. The van der Waals surface area contributed by atoms with Crippen LogP contribution in [0.1, 0.15) is 18.7 Å². The fraction of sp³-hybridized carbons (Fsp3) is 0.520. The number of carboxylic acid groups (broad SMARTS) is 2. The number of carbonyl (C=O) groups is 3. The number of aryl methyl sites for hydroxylation is 1. The smallest absolute Gasteiger partial charge is 0.290 e. The number of aromatic nitrogens is 2. The number of imidazole rings is 1. The third-order valence-electron chi connectivity index (χ3n) is 7.72. The molecule has 6 rings (SSSR count). The number of benzene rings is 1. The number of rotatable bonds is 4. The molecule has 0 spiro atoms. The molecule has 1 aromatic heterocycles. The van der Waals surface area contributed by atoms with Gasteiger partial charge in [0.2, 0.25) is 5.91 Å². The average molecular weight is 500 g/mol. The van der Waals surface area contributed by atoms with Crippen molar-refractivity contribution in [1.82, 2.24) is 19.4 Å². The number of hydrogen-bond donors (Lipinski definition) is 2. The van der Waals surface area contributed by atoms with Crippen molar-refractivity contribution in [3.8, 4) is 5.75 Å². The molecule has 1 amide bonds. The van der Waals surface area contributed by atoms with Crippen molar-refractivity contribution < 1.29 is 29.3 Å². The summed E-state index contributed by atoms with van der Waals surface area (Å²) in [6.45, 7) is 4.44. The molecule has 194 valence electrons. The molecule has 4 aliphatic rings. The molecular weight excluding hydrogens is 466 g/mol. The van der Waals surface area contributed by atoms with E-state index in [1.54, 1.807) is 0 Å². The van der Waals surface area contributed by atoms with E-state index in [1.807, 2.05) is 41.6 Å². The SMILES string of the molecule is Cn1ccnc1CN1C[C@@H]2[C@H](C1)[C@@H]1CC[C@H]2N1CC(=O)N1CCOc2ccccc21.O=CO.O=CO. The number of hydrogen-bond acceptors (Lipinski definition) is 7. The topological polar surface area (TPSA) is 128 Å². The highest BCUT2D eigenvalue weighted by atomic mass is 16.5. The van der Waals surface area contributed by atoms with Crippen LogP contribution in [0, 0.1) is 11.8 Å². The third kappa shape index (κ3) is 5.07. The van der Waals surface area contributed by atoms with Crippen LogP contribution in [-0.2, 0) is 28.0 Å². The van der Waals surface area contributed by atoms with Crippen LogP contribution >= 0.6 is 0 Å². The zero-order valence-corrected chi connectivity index (χ0v) is 20.3. The molecule has 11 heteroatoms. The molecular formula is C25H33N5O6. The monoisotopic (exact) mass is 499 g/mol. The highest BCUT2D eigenvalue weighted by Gasteiger charge is 2.56. The average Bonchev–Trinajstić information content (AvgIpc) is 3.63. The molecule has 1 aromatic carbocycles. The maximum atomic E-state index is 13.3. The van der Waals surface area contributed by atoms with Crippen LogP contribution in [0.4, 0.5) is 5.69 Å². The summed E-state index contributed by atoms with van der Waals surface area (Å²) >= 11 is 0. The van der Waals surface area contributed by atoms with Crippen LogP contribution in [0.3, 0.4) is 0 Å². The number of nitrogens with zero attached hydrogens (tertiary/aromatic N) is 5. The minimum Gasteiger partial charge on any atom is -0.490 e. The Hall–Kier alpha value is -3.44. The van der Waals surface area contributed by atoms with Gasteiger partial charge in [0, 0.05) is 44.6 Å². The zero-order valence-electron chi connectivity index (χ0n) is 20.3. The lowest BCUT2D eigenvalue weighted by molar-refractivity contribution is -0.123. The molecule has 0 unspecified atom stereocenters. The van der Waals surface area contributed by atoms with Gasteiger partial charge in [-0.2, -0.15) is 0 Å². The standard InChI is InChI=1S/C23H29N5O2.2CH2O2/c1-25-9-8-24-22(25)14-26-12-16-17(13-26)19-7-6-18(16)28(19)15-23(29)27-10-11-30-21-5-3-2-4-20(21)27;2*2-1-3/h2-5,8-9,16-19H,6-7,10-15H2,1H3;2*1H,(H,2,3)/t16-,17+,18-,19+;;. The fourth-order valence-electron chi connectivity index (χ4n) is 6.38. The second-order valence-corrected chi connectivity index (χ2v) is 9.43. The number of likely N-dealkylation sites (tertiary alicyclic amines) is 1. The summed E-state index contributed by atoms with van der Waals surface area (Å²) in [5.41, 5.74) is 0.918. The molecule has 36 heavy (non-hydrogen) atoms. The first kappa shape index (κ1) is 25.6. The molecule has 3 saturated heterocycles. The number of fused-ring (bicyclic) bond motifs is 6. The molecule has 0 radical (unpaired) electrons. The first-order valence-electron chi connectivity index (χ1n) is 12.1. The van der Waals surface area contributed by atoms with Crippen LogP contribution in [-0.4, -0.2) is 93.3 Å². The Morgan fingerprint density at radius 2 is 1.75 bits per heavy atom. The lowest BCUT2D eigenvalue weighted by atomic mass is 9.82. The molecule has 2 bridgehead atoms. The quantitative estimate of drug-likeness (QED) is 0.595. The van der Waals surface area contributed by atoms with Crippen LogP contribution in [0.15, 0.2) is 36.7 Å². The van der Waals surface area contributed by atoms with Crippen molar-refractivity contribution in [3.05, 3.63) is 42.5 Å². The number of para-hydroxylation sites is 2. The van der Waals surface area contributed by atoms with Crippen LogP contribution in [0.25, 0.3) is 0 Å². The van der Waals surface area contributed by atoms with E-state index in [4.69, 9.17) is 24.5 Å². The van der Waals surface area contributed by atoms with Gasteiger partial charge in [-0.3, -0.25) is 24.2 Å². The van der Waals surface area contributed by atoms with Crippen molar-refractivity contribution >= 4 is 24.5 Å². The lowest BCUT2D eigenvalue weighted by Gasteiger charge is -2.32. The van der Waals surface area contributed by atoms with Gasteiger partial charge in [0.25, 0.3) is 12.9 Å². The number of ether oxygens (including phenoxy) is 1. The Bertz CT molecular complexity index is 1040. The molecule has 5 heterocycles. The minimum atomic E-state index is -0.250. The van der Waals surface area contributed by atoms with E-state index in [9.17, 15) is 4.79 Å². The second kappa shape index (κ2) is 11.5. The van der Waals surface area contributed by atoms with E-state index in [0.29, 0.717) is 43.6 Å². The molecule has 11 nitrogen and oxygen atoms in total. The summed E-state index contributed by atoms with van der Waals surface area (Å²) in [5.74, 6) is 3.55. The van der Waals surface area contributed by atoms with E-state index in [-0.39, 0.29) is 18.9 Å². The van der Waals surface area contributed by atoms with Crippen LogP contribution in [0.2, 0.25) is 0 Å². The summed E-state index contributed by atoms with van der Waals surface area (Å²) in [4.78, 5) is 41.5. The number of carbonyl (C=O) groups excluding carboxylic acids is 1. The van der Waals surface area contributed by atoms with E-state index in [2.05, 4.69) is 26.4 Å². The molecule has 2 aromatic rings. The second-order valence-electron chi connectivity index (χ2n) is 9.43. The Balaban J connectivity index is 0.000000464. The maximum absolute atomic E-state index is 13.3. The van der Waals surface area contributed by atoms with Gasteiger partial charge in [0.15, 0.2) is 0 Å². The van der Waals surface area contributed by atoms with Crippen LogP contribution in [0.5, 0.6) is 5.75 Å². The molecule has 4 aliphatic heterocycles. The van der Waals surface area contributed by atoms with Crippen molar-refractivity contribution in [2.24, 2.45) is 18.9 Å². The van der Waals surface area contributed by atoms with E-state index in [1.165, 1.54) is 12.8 Å². The van der Waals surface area contributed by atoms with Crippen LogP contribution < -0.4 is 9.64 Å². The summed E-state index contributed by atoms with van der Waals surface area (Å²) in [6, 6.07) is 8.99. The minimum absolute atomic E-state index is 0.215. The van der Waals surface area contributed by atoms with Gasteiger partial charge in [-0.25, -0.2) is 4.98 Å². The van der Waals surface area contributed by atoms with Crippen molar-refractivity contribution in [2.45, 2.75) is 31.5 Å². The summed E-state index contributed by atoms with van der Waals surface area (Å²) in [7, 11) is 2.07. The van der Waals surface area contributed by atoms with Gasteiger partial charge in [-0.05, 0) is 36.8 Å². The number of anilines is 1. The Morgan fingerprint density at radius 3 is 2.36 bits per heavy atom. The largest absolute Gasteiger partial charge is 0.490 e. The zero-order chi connectivity index (χ0) is 25.7. The molecule has 2 N–H and O–H groups in total. The van der Waals surface area contributed by atoms with E-state index >= 15 is 0 Å². The Kier molecular flexibility index (Phi) is 8.21. The first-order valence-corrected chi connectivity index (χ1v) is 12.1. The fourth-order valence-corrected chi connectivity index (χ4v) is 6.38. The third-order valence-corrected chi connectivity index (χ3v) is 7.72. The van der Waals surface area contributed by atoms with Crippen molar-refractivity contribution in [2.75, 3.05) is 37.7 Å². The van der Waals surface area contributed by atoms with E-state index < -0.39 is 0 Å². The van der Waals surface area contributed by atoms with E-state index in [0.717, 1.165) is 36.9 Å². The van der Waals surface area contributed by atoms with Gasteiger partial charge in [0.1, 0.15) is 18.2 Å². The Labute approximate surface area is 209 Å². The molecule has 0 aliphatic carbocycles. The highest BCUT2D eigenvalue weighted by Crippen LogP contribution is 2.49.